The Bertz CT molecular complexity index is 1900. The van der Waals surface area contributed by atoms with Crippen LogP contribution in [0.4, 0.5) is 13.9 Å². The van der Waals surface area contributed by atoms with E-state index in [1.54, 1.807) is 41.2 Å². The second-order valence-electron chi connectivity index (χ2n) is 8.68. The van der Waals surface area contributed by atoms with Crippen LogP contribution in [0.1, 0.15) is 10.4 Å². The summed E-state index contributed by atoms with van der Waals surface area (Å²) in [6.07, 6.45) is 3.54. The molecule has 39 heavy (non-hydrogen) atoms. The lowest BCUT2D eigenvalue weighted by molar-refractivity contribution is -0.0498. The number of hydrogen-bond acceptors (Lipinski definition) is 6. The third-order valence-corrected chi connectivity index (χ3v) is 6.98. The Morgan fingerprint density at radius 1 is 1.03 bits per heavy atom. The van der Waals surface area contributed by atoms with E-state index in [1.807, 2.05) is 31.4 Å². The highest BCUT2D eigenvalue weighted by Crippen LogP contribution is 2.33. The van der Waals surface area contributed by atoms with E-state index in [0.717, 1.165) is 10.9 Å². The van der Waals surface area contributed by atoms with Gasteiger partial charge in [-0.05, 0) is 48.0 Å². The lowest BCUT2D eigenvalue weighted by Gasteiger charge is -2.11. The Balaban J connectivity index is 1.50. The van der Waals surface area contributed by atoms with Gasteiger partial charge in [0.25, 0.3) is 11.5 Å². The van der Waals surface area contributed by atoms with Crippen molar-refractivity contribution in [2.75, 3.05) is 5.32 Å². The first-order valence-electron chi connectivity index (χ1n) is 11.8. The molecule has 3 aromatic carbocycles. The minimum atomic E-state index is -2.96. The Hall–Kier alpha value is -4.90. The van der Waals surface area contributed by atoms with Gasteiger partial charge in [-0.3, -0.25) is 24.2 Å². The van der Waals surface area contributed by atoms with Crippen LogP contribution in [-0.4, -0.2) is 31.9 Å². The quantitative estimate of drug-likeness (QED) is 0.284. The van der Waals surface area contributed by atoms with E-state index in [9.17, 15) is 18.4 Å². The number of fused-ring (bicyclic) bond motifs is 2. The zero-order chi connectivity index (χ0) is 27.1. The summed E-state index contributed by atoms with van der Waals surface area (Å²) in [6.45, 7) is -2.96. The van der Waals surface area contributed by atoms with E-state index in [4.69, 9.17) is 0 Å². The number of pyridine rings is 1. The Morgan fingerprint density at radius 2 is 1.79 bits per heavy atom. The van der Waals surface area contributed by atoms with Gasteiger partial charge in [-0.15, -0.1) is 0 Å². The van der Waals surface area contributed by atoms with Crippen molar-refractivity contribution in [2.24, 2.45) is 7.05 Å². The van der Waals surface area contributed by atoms with Gasteiger partial charge in [0.1, 0.15) is 5.75 Å². The second kappa shape index (κ2) is 9.76. The highest BCUT2D eigenvalue weighted by atomic mass is 32.1. The molecule has 11 heteroatoms. The summed E-state index contributed by atoms with van der Waals surface area (Å²) in [5, 5.41) is 8.37. The van der Waals surface area contributed by atoms with Crippen molar-refractivity contribution < 1.29 is 18.3 Å². The number of nitrogens with one attached hydrogen (secondary N) is 1. The summed E-state index contributed by atoms with van der Waals surface area (Å²) in [6, 6.07) is 20.0. The van der Waals surface area contributed by atoms with Crippen molar-refractivity contribution in [2.45, 2.75) is 6.61 Å². The van der Waals surface area contributed by atoms with Gasteiger partial charge in [-0.2, -0.15) is 13.9 Å². The number of halogens is 2. The van der Waals surface area contributed by atoms with Crippen molar-refractivity contribution in [3.8, 4) is 22.6 Å². The smallest absolute Gasteiger partial charge is 0.387 e. The first kappa shape index (κ1) is 24.4. The number of rotatable bonds is 6. The van der Waals surface area contributed by atoms with Gasteiger partial charge in [-0.1, -0.05) is 41.7 Å². The van der Waals surface area contributed by atoms with Crippen LogP contribution in [0.2, 0.25) is 0 Å². The molecule has 0 unspecified atom stereocenters. The Kier molecular flexibility index (Phi) is 6.12. The van der Waals surface area contributed by atoms with Gasteiger partial charge >= 0.3 is 6.61 Å². The highest BCUT2D eigenvalue weighted by Gasteiger charge is 2.19. The SMILES string of the molecule is Cn1cc2cc(-n3cc4sc(NC(=O)c5ccccc5)nc4c(-c4ccc(OC(F)F)cc4)c3=O)ccc2n1. The summed E-state index contributed by atoms with van der Waals surface area (Å²) in [5.41, 5.74) is 2.62. The predicted octanol–water partition coefficient (Wildman–Crippen LogP) is 5.85. The fourth-order valence-electron chi connectivity index (χ4n) is 4.35. The van der Waals surface area contributed by atoms with Gasteiger partial charge in [0.2, 0.25) is 0 Å². The van der Waals surface area contributed by atoms with Crippen LogP contribution in [0.3, 0.4) is 0 Å². The first-order chi connectivity index (χ1) is 18.9. The monoisotopic (exact) mass is 543 g/mol. The zero-order valence-corrected chi connectivity index (χ0v) is 21.2. The molecule has 6 rings (SSSR count). The fraction of sp³-hybridized carbons (Fsp3) is 0.0714. The topological polar surface area (TPSA) is 91.0 Å². The molecular formula is C28H19F2N5O3S. The number of carbonyl (C=O) groups is 1. The molecule has 1 amide bonds. The van der Waals surface area contributed by atoms with Crippen LogP contribution >= 0.6 is 11.3 Å². The normalized spacial score (nSPS) is 11.4. The third-order valence-electron chi connectivity index (χ3n) is 6.07. The molecular weight excluding hydrogens is 524 g/mol. The molecule has 6 aromatic rings. The number of benzene rings is 3. The molecule has 0 atom stereocenters. The van der Waals surface area contributed by atoms with E-state index >= 15 is 0 Å². The largest absolute Gasteiger partial charge is 0.435 e. The van der Waals surface area contributed by atoms with Crippen LogP contribution in [0.5, 0.6) is 5.75 Å². The van der Waals surface area contributed by atoms with Crippen molar-refractivity contribution in [1.29, 1.82) is 0 Å². The molecule has 0 spiro atoms. The van der Waals surface area contributed by atoms with Gasteiger partial charge in [-0.25, -0.2) is 4.98 Å². The van der Waals surface area contributed by atoms with Crippen molar-refractivity contribution in [3.63, 3.8) is 0 Å². The van der Waals surface area contributed by atoms with Crippen LogP contribution in [0.15, 0.2) is 90.0 Å². The molecule has 194 valence electrons. The molecule has 8 nitrogen and oxygen atoms in total. The number of thiazole rings is 1. The second-order valence-corrected chi connectivity index (χ2v) is 9.71. The molecule has 0 bridgehead atoms. The fourth-order valence-corrected chi connectivity index (χ4v) is 5.24. The zero-order valence-electron chi connectivity index (χ0n) is 20.3. The number of anilines is 1. The molecule has 0 aliphatic carbocycles. The summed E-state index contributed by atoms with van der Waals surface area (Å²) < 4.78 is 33.7. The van der Waals surface area contributed by atoms with Gasteiger partial charge in [0, 0.05) is 36.1 Å². The summed E-state index contributed by atoms with van der Waals surface area (Å²) in [5.74, 6) is -0.362. The van der Waals surface area contributed by atoms with Gasteiger partial charge in [0.05, 0.1) is 21.3 Å². The molecule has 0 saturated carbocycles. The maximum absolute atomic E-state index is 13.9. The molecule has 3 aromatic heterocycles. The van der Waals surface area contributed by atoms with E-state index in [0.29, 0.717) is 32.2 Å². The standard InChI is InChI=1S/C28H19F2N5O3S/c1-34-14-18-13-19(9-12-21(18)33-34)35-15-22-24(31-28(39-22)32-25(36)17-5-3-2-4-6-17)23(26(35)37)16-7-10-20(11-8-16)38-27(29)30/h2-15,27H,1H3,(H,31,32,36). The summed E-state index contributed by atoms with van der Waals surface area (Å²) >= 11 is 1.22. The van der Waals surface area contributed by atoms with E-state index in [1.165, 1.54) is 40.2 Å². The van der Waals surface area contributed by atoms with Crippen LogP contribution < -0.4 is 15.6 Å². The van der Waals surface area contributed by atoms with Crippen molar-refractivity contribution in [3.05, 3.63) is 101 Å². The summed E-state index contributed by atoms with van der Waals surface area (Å²) in [4.78, 5) is 31.3. The number of aryl methyl sites for hydroxylation is 1. The number of alkyl halides is 2. The minimum Gasteiger partial charge on any atom is -0.435 e. The maximum atomic E-state index is 13.9. The van der Waals surface area contributed by atoms with Crippen LogP contribution in [-0.2, 0) is 7.05 Å². The number of ether oxygens (including phenoxy) is 1. The predicted molar refractivity (Wildman–Crippen MR) is 146 cm³/mol. The molecule has 1 N–H and O–H groups in total. The molecule has 0 aliphatic rings. The van der Waals surface area contributed by atoms with Gasteiger partial charge in [0.15, 0.2) is 5.13 Å². The average molecular weight is 544 g/mol. The molecule has 0 radical (unpaired) electrons. The number of aromatic nitrogens is 4. The molecule has 0 aliphatic heterocycles. The van der Waals surface area contributed by atoms with Crippen molar-refractivity contribution >= 4 is 43.5 Å². The first-order valence-corrected chi connectivity index (χ1v) is 12.6. The number of nitrogens with zero attached hydrogens (tertiary/aromatic N) is 4. The average Bonchev–Trinajstić information content (AvgIpc) is 3.50. The summed E-state index contributed by atoms with van der Waals surface area (Å²) in [7, 11) is 1.82. The van der Waals surface area contributed by atoms with Gasteiger partial charge < -0.3 is 4.74 Å². The van der Waals surface area contributed by atoms with Crippen LogP contribution in [0, 0.1) is 0 Å². The van der Waals surface area contributed by atoms with E-state index < -0.39 is 6.61 Å². The minimum absolute atomic E-state index is 0.0302. The van der Waals surface area contributed by atoms with Crippen LogP contribution in [0.25, 0.3) is 37.9 Å². The molecule has 0 fully saturated rings. The Labute approximate surface area is 223 Å². The number of carbonyl (C=O) groups excluding carboxylic acids is 1. The third kappa shape index (κ3) is 4.75. The maximum Gasteiger partial charge on any atom is 0.387 e. The number of amides is 1. The lowest BCUT2D eigenvalue weighted by atomic mass is 10.1. The lowest BCUT2D eigenvalue weighted by Crippen LogP contribution is -2.20. The van der Waals surface area contributed by atoms with Crippen molar-refractivity contribution in [1.82, 2.24) is 19.3 Å². The number of hydrogen-bond donors (Lipinski definition) is 1. The highest BCUT2D eigenvalue weighted by molar-refractivity contribution is 7.22. The molecule has 3 heterocycles. The van der Waals surface area contributed by atoms with E-state index in [-0.39, 0.29) is 22.8 Å². The Morgan fingerprint density at radius 3 is 2.54 bits per heavy atom. The molecule has 0 saturated heterocycles. The van der Waals surface area contributed by atoms with E-state index in [2.05, 4.69) is 20.1 Å².